The van der Waals surface area contributed by atoms with Gasteiger partial charge in [-0.2, -0.15) is 0 Å². The highest BCUT2D eigenvalue weighted by molar-refractivity contribution is 7.80. The normalized spacial score (nSPS) is 10.1. The number of halogens is 1. The average Bonchev–Trinajstić information content (AvgIpc) is 2.51. The van der Waals surface area contributed by atoms with Gasteiger partial charge in [-0.1, -0.05) is 29.8 Å². The summed E-state index contributed by atoms with van der Waals surface area (Å²) in [5, 5.41) is 6.31. The van der Waals surface area contributed by atoms with Crippen LogP contribution >= 0.6 is 23.8 Å². The second-order valence-corrected chi connectivity index (χ2v) is 5.84. The summed E-state index contributed by atoms with van der Waals surface area (Å²) >= 11 is 11.2. The first-order valence-corrected chi connectivity index (χ1v) is 7.73. The molecule has 0 aliphatic rings. The summed E-state index contributed by atoms with van der Waals surface area (Å²) in [5.74, 6) is 0.178. The highest BCUT2D eigenvalue weighted by Crippen LogP contribution is 2.25. The number of para-hydroxylation sites is 1. The van der Waals surface area contributed by atoms with E-state index in [-0.39, 0.29) is 11.0 Å². The van der Waals surface area contributed by atoms with Crippen molar-refractivity contribution in [2.45, 2.75) is 13.8 Å². The number of amides is 1. The summed E-state index contributed by atoms with van der Waals surface area (Å²) in [4.78, 5) is 12.2. The van der Waals surface area contributed by atoms with E-state index in [9.17, 15) is 4.79 Å². The van der Waals surface area contributed by atoms with E-state index < -0.39 is 0 Å². The lowest BCUT2D eigenvalue weighted by Crippen LogP contribution is -2.34. The van der Waals surface area contributed by atoms with Gasteiger partial charge in [0.15, 0.2) is 5.11 Å². The molecule has 4 nitrogen and oxygen atoms in total. The van der Waals surface area contributed by atoms with Crippen LogP contribution in [0, 0.1) is 13.8 Å². The van der Waals surface area contributed by atoms with Gasteiger partial charge in [0.1, 0.15) is 5.75 Å². The highest BCUT2D eigenvalue weighted by Gasteiger charge is 2.12. The van der Waals surface area contributed by atoms with Gasteiger partial charge in [0.25, 0.3) is 5.91 Å². The van der Waals surface area contributed by atoms with Crippen LogP contribution in [0.3, 0.4) is 0 Å². The number of hydrogen-bond acceptors (Lipinski definition) is 3. The Morgan fingerprint density at radius 1 is 1.17 bits per heavy atom. The van der Waals surface area contributed by atoms with E-state index in [1.165, 1.54) is 13.2 Å². The topological polar surface area (TPSA) is 50.4 Å². The first-order chi connectivity index (χ1) is 10.9. The zero-order chi connectivity index (χ0) is 17.0. The number of carbonyl (C=O) groups is 1. The zero-order valence-electron chi connectivity index (χ0n) is 13.1. The summed E-state index contributed by atoms with van der Waals surface area (Å²) in [6.07, 6.45) is 0. The fraction of sp³-hybridized carbons (Fsp3) is 0.176. The van der Waals surface area contributed by atoms with E-state index in [2.05, 4.69) is 10.6 Å². The lowest BCUT2D eigenvalue weighted by molar-refractivity contribution is 0.0977. The minimum Gasteiger partial charge on any atom is -0.495 e. The van der Waals surface area contributed by atoms with Crippen LogP contribution in [0.5, 0.6) is 5.75 Å². The molecule has 2 N–H and O–H groups in total. The molecular formula is C17H17ClN2O2S. The molecule has 0 saturated heterocycles. The summed E-state index contributed by atoms with van der Waals surface area (Å²) < 4.78 is 5.06. The van der Waals surface area contributed by atoms with Crippen molar-refractivity contribution in [3.8, 4) is 5.75 Å². The Bertz CT molecular complexity index is 742. The van der Waals surface area contributed by atoms with Gasteiger partial charge in [-0.15, -0.1) is 0 Å². The van der Waals surface area contributed by atoms with Crippen LogP contribution in [0.2, 0.25) is 5.02 Å². The Labute approximate surface area is 145 Å². The number of rotatable bonds is 3. The van der Waals surface area contributed by atoms with Crippen molar-refractivity contribution in [1.82, 2.24) is 5.32 Å². The Kier molecular flexibility index (Phi) is 5.58. The quantitative estimate of drug-likeness (QED) is 0.820. The molecule has 0 aliphatic carbocycles. The second-order valence-electron chi connectivity index (χ2n) is 5.02. The van der Waals surface area contributed by atoms with Gasteiger partial charge >= 0.3 is 0 Å². The fourth-order valence-corrected chi connectivity index (χ4v) is 2.59. The third kappa shape index (κ3) is 4.21. The lowest BCUT2D eigenvalue weighted by atomic mass is 10.1. The SMILES string of the molecule is COc1ccc(C(=O)NC(=S)Nc2c(C)cccc2C)cc1Cl. The molecule has 2 rings (SSSR count). The maximum absolute atomic E-state index is 12.2. The number of methoxy groups -OCH3 is 1. The number of aryl methyl sites for hydroxylation is 2. The first kappa shape index (κ1) is 17.2. The predicted molar refractivity (Wildman–Crippen MR) is 97.6 cm³/mol. The van der Waals surface area contributed by atoms with Gasteiger partial charge in [0.2, 0.25) is 0 Å². The number of anilines is 1. The van der Waals surface area contributed by atoms with Gasteiger partial charge in [-0.05, 0) is 55.4 Å². The molecule has 120 valence electrons. The third-order valence-electron chi connectivity index (χ3n) is 3.36. The van der Waals surface area contributed by atoms with Gasteiger partial charge in [-0.25, -0.2) is 0 Å². The molecule has 23 heavy (non-hydrogen) atoms. The van der Waals surface area contributed by atoms with Crippen LogP contribution in [-0.4, -0.2) is 18.1 Å². The van der Waals surface area contributed by atoms with Crippen molar-refractivity contribution in [2.24, 2.45) is 0 Å². The Morgan fingerprint density at radius 3 is 2.39 bits per heavy atom. The van der Waals surface area contributed by atoms with Crippen LogP contribution in [0.1, 0.15) is 21.5 Å². The molecule has 6 heteroatoms. The van der Waals surface area contributed by atoms with Gasteiger partial charge in [0.05, 0.1) is 12.1 Å². The third-order valence-corrected chi connectivity index (χ3v) is 3.86. The largest absolute Gasteiger partial charge is 0.495 e. The monoisotopic (exact) mass is 348 g/mol. The fourth-order valence-electron chi connectivity index (χ4n) is 2.14. The Balaban J connectivity index is 2.08. The molecule has 0 radical (unpaired) electrons. The average molecular weight is 349 g/mol. The van der Waals surface area contributed by atoms with E-state index in [0.29, 0.717) is 16.3 Å². The second kappa shape index (κ2) is 7.44. The van der Waals surface area contributed by atoms with Crippen molar-refractivity contribution in [3.63, 3.8) is 0 Å². The standard InChI is InChI=1S/C17H17ClN2O2S/c1-10-5-4-6-11(2)15(10)19-17(23)20-16(21)12-7-8-14(22-3)13(18)9-12/h4-9H,1-3H3,(H2,19,20,21,23). The van der Waals surface area contributed by atoms with E-state index >= 15 is 0 Å². The molecular weight excluding hydrogens is 332 g/mol. The first-order valence-electron chi connectivity index (χ1n) is 6.94. The van der Waals surface area contributed by atoms with Crippen molar-refractivity contribution in [2.75, 3.05) is 12.4 Å². The van der Waals surface area contributed by atoms with Crippen molar-refractivity contribution < 1.29 is 9.53 Å². The molecule has 0 atom stereocenters. The molecule has 0 spiro atoms. The van der Waals surface area contributed by atoms with Crippen LogP contribution < -0.4 is 15.4 Å². The smallest absolute Gasteiger partial charge is 0.257 e. The summed E-state index contributed by atoms with van der Waals surface area (Å²) in [6.45, 7) is 3.95. The summed E-state index contributed by atoms with van der Waals surface area (Å²) in [7, 11) is 1.52. The highest BCUT2D eigenvalue weighted by atomic mass is 35.5. The molecule has 0 unspecified atom stereocenters. The Hall–Kier alpha value is -2.11. The van der Waals surface area contributed by atoms with Crippen molar-refractivity contribution in [3.05, 3.63) is 58.1 Å². The predicted octanol–water partition coefficient (Wildman–Crippen LogP) is 4.09. The number of nitrogens with one attached hydrogen (secondary N) is 2. The minimum atomic E-state index is -0.335. The van der Waals surface area contributed by atoms with Gasteiger partial charge in [0, 0.05) is 11.3 Å². The van der Waals surface area contributed by atoms with E-state index in [1.54, 1.807) is 12.1 Å². The summed E-state index contributed by atoms with van der Waals surface area (Å²) in [6, 6.07) is 10.7. The molecule has 0 fully saturated rings. The van der Waals surface area contributed by atoms with E-state index in [4.69, 9.17) is 28.6 Å². The lowest BCUT2D eigenvalue weighted by Gasteiger charge is -2.14. The molecule has 0 saturated carbocycles. The van der Waals surface area contributed by atoms with Crippen molar-refractivity contribution >= 4 is 40.5 Å². The number of thiocarbonyl (C=S) groups is 1. The molecule has 0 bridgehead atoms. The number of carbonyl (C=O) groups excluding carboxylic acids is 1. The molecule has 0 aromatic heterocycles. The van der Waals surface area contributed by atoms with Gasteiger partial charge in [-0.3, -0.25) is 10.1 Å². The number of ether oxygens (including phenoxy) is 1. The van der Waals surface area contributed by atoms with Crippen molar-refractivity contribution in [1.29, 1.82) is 0 Å². The molecule has 2 aromatic rings. The number of benzene rings is 2. The molecule has 2 aromatic carbocycles. The molecule has 1 amide bonds. The van der Waals surface area contributed by atoms with Crippen LogP contribution in [0.4, 0.5) is 5.69 Å². The maximum Gasteiger partial charge on any atom is 0.257 e. The molecule has 0 aliphatic heterocycles. The maximum atomic E-state index is 12.2. The Morgan fingerprint density at radius 2 is 1.83 bits per heavy atom. The van der Waals surface area contributed by atoms with Crippen LogP contribution in [0.25, 0.3) is 0 Å². The zero-order valence-corrected chi connectivity index (χ0v) is 14.6. The van der Waals surface area contributed by atoms with Crippen LogP contribution in [-0.2, 0) is 0 Å². The minimum absolute atomic E-state index is 0.236. The summed E-state index contributed by atoms with van der Waals surface area (Å²) in [5.41, 5.74) is 3.40. The van der Waals surface area contributed by atoms with Gasteiger partial charge < -0.3 is 10.1 Å². The van der Waals surface area contributed by atoms with E-state index in [1.807, 2.05) is 32.0 Å². The van der Waals surface area contributed by atoms with E-state index in [0.717, 1.165) is 16.8 Å². The number of hydrogen-bond donors (Lipinski definition) is 2. The van der Waals surface area contributed by atoms with Crippen LogP contribution in [0.15, 0.2) is 36.4 Å². The molecule has 0 heterocycles.